The monoisotopic (exact) mass is 318 g/mol. The summed E-state index contributed by atoms with van der Waals surface area (Å²) >= 11 is 0.459. The minimum Gasteiger partial charge on any atom is -0.330 e. The summed E-state index contributed by atoms with van der Waals surface area (Å²) in [5.74, 6) is -7.43. The molecule has 0 spiro atoms. The fourth-order valence-electron chi connectivity index (χ4n) is 1.22. The van der Waals surface area contributed by atoms with E-state index in [-0.39, 0.29) is 12.3 Å². The molecule has 0 heterocycles. The second kappa shape index (κ2) is 6.07. The van der Waals surface area contributed by atoms with Crippen LogP contribution >= 0.6 is 11.8 Å². The van der Waals surface area contributed by atoms with Crippen molar-refractivity contribution in [2.75, 3.05) is 19.3 Å². The number of rotatable bonds is 5. The van der Waals surface area contributed by atoms with Gasteiger partial charge in [0.05, 0.1) is 4.90 Å². The maximum Gasteiger partial charge on any atom is 0.246 e. The van der Waals surface area contributed by atoms with E-state index in [1.807, 2.05) is 0 Å². The Morgan fingerprint density at radius 2 is 1.58 bits per heavy atom. The molecule has 0 aliphatic carbocycles. The van der Waals surface area contributed by atoms with Crippen molar-refractivity contribution >= 4 is 21.8 Å². The highest BCUT2D eigenvalue weighted by atomic mass is 32.2. The predicted octanol–water partition coefficient (Wildman–Crippen LogP) is 1.20. The van der Waals surface area contributed by atoms with Gasteiger partial charge in [-0.2, -0.15) is 0 Å². The van der Waals surface area contributed by atoms with Crippen molar-refractivity contribution in [1.82, 2.24) is 4.72 Å². The fraction of sp³-hybridized carbons (Fsp3) is 0.333. The van der Waals surface area contributed by atoms with Crippen molar-refractivity contribution in [3.8, 4) is 0 Å². The maximum absolute atomic E-state index is 13.6. The summed E-state index contributed by atoms with van der Waals surface area (Å²) in [5.41, 5.74) is 5.11. The average Bonchev–Trinajstić information content (AvgIpc) is 2.36. The zero-order chi connectivity index (χ0) is 14.8. The molecule has 10 heteroatoms. The van der Waals surface area contributed by atoms with Crippen molar-refractivity contribution in [1.29, 1.82) is 0 Å². The number of thioether (sulfide) groups is 1. The van der Waals surface area contributed by atoms with Gasteiger partial charge in [-0.15, -0.1) is 11.8 Å². The van der Waals surface area contributed by atoms with Crippen LogP contribution in [0.5, 0.6) is 0 Å². The molecule has 19 heavy (non-hydrogen) atoms. The lowest BCUT2D eigenvalue weighted by Crippen LogP contribution is -2.23. The molecule has 0 aliphatic rings. The van der Waals surface area contributed by atoms with Crippen LogP contribution in [-0.2, 0) is 10.0 Å². The number of sulfonamides is 1. The molecule has 3 N–H and O–H groups in total. The molecule has 1 aromatic carbocycles. The minimum atomic E-state index is -4.66. The summed E-state index contributed by atoms with van der Waals surface area (Å²) in [6.45, 7) is 0.0311. The SMILES string of the molecule is CNS(=O)(=O)c1c(F)c(F)c(SCCN)c(F)c1F. The van der Waals surface area contributed by atoms with Crippen molar-refractivity contribution in [3.05, 3.63) is 23.3 Å². The molecule has 0 saturated carbocycles. The van der Waals surface area contributed by atoms with Gasteiger partial charge in [-0.05, 0) is 7.05 Å². The van der Waals surface area contributed by atoms with Gasteiger partial charge in [-0.25, -0.2) is 30.7 Å². The topological polar surface area (TPSA) is 72.2 Å². The minimum absolute atomic E-state index is 0.0187. The molecule has 1 rings (SSSR count). The molecule has 0 bridgehead atoms. The van der Waals surface area contributed by atoms with E-state index < -0.39 is 43.1 Å². The van der Waals surface area contributed by atoms with E-state index in [0.717, 1.165) is 7.05 Å². The normalized spacial score (nSPS) is 11.9. The van der Waals surface area contributed by atoms with Crippen molar-refractivity contribution in [3.63, 3.8) is 0 Å². The number of hydrogen-bond donors (Lipinski definition) is 2. The first kappa shape index (κ1) is 16.2. The van der Waals surface area contributed by atoms with Gasteiger partial charge in [0.1, 0.15) is 0 Å². The van der Waals surface area contributed by atoms with Crippen LogP contribution in [0.1, 0.15) is 0 Å². The third-order valence-corrected chi connectivity index (χ3v) is 4.60. The summed E-state index contributed by atoms with van der Waals surface area (Å²) in [6.07, 6.45) is 0. The van der Waals surface area contributed by atoms with Crippen molar-refractivity contribution in [2.24, 2.45) is 5.73 Å². The van der Waals surface area contributed by atoms with E-state index in [9.17, 15) is 26.0 Å². The van der Waals surface area contributed by atoms with Crippen LogP contribution in [0.2, 0.25) is 0 Å². The number of nitrogens with two attached hydrogens (primary N) is 1. The first-order valence-electron chi connectivity index (χ1n) is 4.90. The van der Waals surface area contributed by atoms with E-state index in [4.69, 9.17) is 5.73 Å². The fourth-order valence-corrected chi connectivity index (χ4v) is 2.83. The van der Waals surface area contributed by atoms with E-state index in [1.165, 1.54) is 0 Å². The zero-order valence-electron chi connectivity index (χ0n) is 9.64. The summed E-state index contributed by atoms with van der Waals surface area (Å²) in [7, 11) is -3.79. The van der Waals surface area contributed by atoms with Gasteiger partial charge in [0.15, 0.2) is 28.2 Å². The first-order valence-corrected chi connectivity index (χ1v) is 7.37. The Kier molecular flexibility index (Phi) is 5.18. The Hall–Kier alpha value is -0.840. The Balaban J connectivity index is 3.57. The highest BCUT2D eigenvalue weighted by Gasteiger charge is 2.32. The molecule has 1 aromatic rings. The molecule has 4 nitrogen and oxygen atoms in total. The van der Waals surface area contributed by atoms with Crippen LogP contribution in [0.4, 0.5) is 17.6 Å². The maximum atomic E-state index is 13.6. The van der Waals surface area contributed by atoms with Gasteiger partial charge in [-0.3, -0.25) is 0 Å². The largest absolute Gasteiger partial charge is 0.330 e. The quantitative estimate of drug-likeness (QED) is 0.486. The molecule has 0 aromatic heterocycles. The molecule has 0 amide bonds. The van der Waals surface area contributed by atoms with E-state index in [1.54, 1.807) is 4.72 Å². The molecule has 0 radical (unpaired) electrons. The Morgan fingerprint density at radius 3 is 1.95 bits per heavy atom. The van der Waals surface area contributed by atoms with Crippen LogP contribution < -0.4 is 10.5 Å². The van der Waals surface area contributed by atoms with Gasteiger partial charge in [-0.1, -0.05) is 0 Å². The summed E-state index contributed by atoms with van der Waals surface area (Å²) in [6, 6.07) is 0. The Morgan fingerprint density at radius 1 is 1.11 bits per heavy atom. The Bertz CT molecular complexity index is 563. The van der Waals surface area contributed by atoms with Crippen molar-refractivity contribution in [2.45, 2.75) is 9.79 Å². The second-order valence-corrected chi connectivity index (χ2v) is 6.19. The lowest BCUT2D eigenvalue weighted by atomic mass is 10.3. The highest BCUT2D eigenvalue weighted by Crippen LogP contribution is 2.33. The molecular weight excluding hydrogens is 308 g/mol. The lowest BCUT2D eigenvalue weighted by Gasteiger charge is -2.11. The number of benzene rings is 1. The average molecular weight is 318 g/mol. The smallest absolute Gasteiger partial charge is 0.246 e. The van der Waals surface area contributed by atoms with Gasteiger partial charge in [0.2, 0.25) is 10.0 Å². The van der Waals surface area contributed by atoms with E-state index in [0.29, 0.717) is 11.8 Å². The van der Waals surface area contributed by atoms with Gasteiger partial charge >= 0.3 is 0 Å². The van der Waals surface area contributed by atoms with Crippen LogP contribution in [0.3, 0.4) is 0 Å². The van der Waals surface area contributed by atoms with Crippen molar-refractivity contribution < 1.29 is 26.0 Å². The highest BCUT2D eigenvalue weighted by molar-refractivity contribution is 7.99. The van der Waals surface area contributed by atoms with Crippen LogP contribution in [0.25, 0.3) is 0 Å². The second-order valence-electron chi connectivity index (χ2n) is 3.26. The van der Waals surface area contributed by atoms with Gasteiger partial charge < -0.3 is 5.73 Å². The first-order chi connectivity index (χ1) is 8.77. The molecule has 108 valence electrons. The molecule has 0 saturated heterocycles. The lowest BCUT2D eigenvalue weighted by molar-refractivity contribution is 0.395. The van der Waals surface area contributed by atoms with Gasteiger partial charge in [0, 0.05) is 12.3 Å². The van der Waals surface area contributed by atoms with Crippen LogP contribution in [-0.4, -0.2) is 27.8 Å². The number of nitrogens with one attached hydrogen (secondary N) is 1. The van der Waals surface area contributed by atoms with Gasteiger partial charge in [0.25, 0.3) is 0 Å². The predicted molar refractivity (Wildman–Crippen MR) is 62.3 cm³/mol. The van der Waals surface area contributed by atoms with Crippen LogP contribution in [0.15, 0.2) is 9.79 Å². The molecule has 0 atom stereocenters. The third kappa shape index (κ3) is 3.02. The molecule has 0 unspecified atom stereocenters. The standard InChI is InChI=1S/C9H10F4N2O2S2/c1-15-19(16,17)9-6(12)4(10)8(18-3-2-14)5(11)7(9)13/h15H,2-3,14H2,1H3. The van der Waals surface area contributed by atoms with E-state index >= 15 is 0 Å². The summed E-state index contributed by atoms with van der Waals surface area (Å²) in [4.78, 5) is -2.61. The molecule has 0 aliphatic heterocycles. The molecule has 0 fully saturated rings. The zero-order valence-corrected chi connectivity index (χ0v) is 11.3. The third-order valence-electron chi connectivity index (χ3n) is 2.08. The Labute approximate surface area is 111 Å². The number of hydrogen-bond acceptors (Lipinski definition) is 4. The number of halogens is 4. The summed E-state index contributed by atoms with van der Waals surface area (Å²) in [5, 5.41) is 0. The van der Waals surface area contributed by atoms with Crippen LogP contribution in [0, 0.1) is 23.3 Å². The molecular formula is C9H10F4N2O2S2. The summed E-state index contributed by atoms with van der Waals surface area (Å²) < 4.78 is 78.5. The van der Waals surface area contributed by atoms with E-state index in [2.05, 4.69) is 0 Å².